The van der Waals surface area contributed by atoms with Crippen LogP contribution >= 0.6 is 0 Å². The van der Waals surface area contributed by atoms with Crippen LogP contribution in [0.5, 0.6) is 0 Å². The minimum Gasteiger partial charge on any atom is -0.394 e. The van der Waals surface area contributed by atoms with Crippen molar-refractivity contribution in [1.29, 1.82) is 0 Å². The summed E-state index contributed by atoms with van der Waals surface area (Å²) in [6.45, 7) is 4.96. The molecule has 62 valence electrons. The molecule has 0 saturated heterocycles. The maximum absolute atomic E-state index is 8.76. The molecule has 0 spiro atoms. The first-order valence-corrected chi connectivity index (χ1v) is 4.07. The summed E-state index contributed by atoms with van der Waals surface area (Å²) in [5.41, 5.74) is 0. The highest BCUT2D eigenvalue weighted by Crippen LogP contribution is 2.03. The minimum absolute atomic E-state index is 0.0740. The third kappa shape index (κ3) is 4.77. The van der Waals surface area contributed by atoms with Crippen molar-refractivity contribution in [2.45, 2.75) is 39.2 Å². The highest BCUT2D eigenvalue weighted by Gasteiger charge is 2.04. The lowest BCUT2D eigenvalue weighted by molar-refractivity contribution is 0.0138. The molecule has 0 aliphatic carbocycles. The Morgan fingerprint density at radius 1 is 1.40 bits per heavy atom. The molecule has 0 radical (unpaired) electrons. The Morgan fingerprint density at radius 2 is 2.10 bits per heavy atom. The molecule has 2 heteroatoms. The zero-order valence-electron chi connectivity index (χ0n) is 6.97. The molecule has 0 bridgehead atoms. The molecular weight excluding hydrogens is 128 g/mol. The molecular formula is C8H18O2. The van der Waals surface area contributed by atoms with E-state index in [0.29, 0.717) is 6.61 Å². The molecule has 0 amide bonds. The number of ether oxygens (including phenoxy) is 1. The maximum Gasteiger partial charge on any atom is 0.0805 e. The van der Waals surface area contributed by atoms with Crippen molar-refractivity contribution in [2.24, 2.45) is 0 Å². The van der Waals surface area contributed by atoms with Crippen molar-refractivity contribution in [2.75, 3.05) is 13.2 Å². The number of unbranched alkanes of at least 4 members (excludes halogenated alkanes) is 1. The second kappa shape index (κ2) is 7.03. The average Bonchev–Trinajstić information content (AvgIpc) is 1.98. The van der Waals surface area contributed by atoms with Gasteiger partial charge in [-0.05, 0) is 13.3 Å². The molecule has 0 aromatic rings. The molecule has 0 aromatic heterocycles. The third-order valence-electron chi connectivity index (χ3n) is 1.49. The lowest BCUT2D eigenvalue weighted by Gasteiger charge is -2.12. The molecule has 0 saturated carbocycles. The van der Waals surface area contributed by atoms with Gasteiger partial charge in [-0.15, -0.1) is 0 Å². The van der Waals surface area contributed by atoms with Crippen molar-refractivity contribution < 1.29 is 9.84 Å². The van der Waals surface area contributed by atoms with Crippen molar-refractivity contribution in [1.82, 2.24) is 0 Å². The normalized spacial score (nSPS) is 13.5. The third-order valence-corrected chi connectivity index (χ3v) is 1.49. The summed E-state index contributed by atoms with van der Waals surface area (Å²) in [6.07, 6.45) is 3.38. The van der Waals surface area contributed by atoms with Gasteiger partial charge in [0.1, 0.15) is 0 Å². The molecule has 0 aliphatic rings. The molecule has 10 heavy (non-hydrogen) atoms. The lowest BCUT2D eigenvalue weighted by Crippen LogP contribution is -2.17. The van der Waals surface area contributed by atoms with E-state index >= 15 is 0 Å². The summed E-state index contributed by atoms with van der Waals surface area (Å²) in [5.74, 6) is 0. The van der Waals surface area contributed by atoms with E-state index in [0.717, 1.165) is 12.8 Å². The highest BCUT2D eigenvalue weighted by atomic mass is 16.5. The summed E-state index contributed by atoms with van der Waals surface area (Å²) >= 11 is 0. The fourth-order valence-corrected chi connectivity index (χ4v) is 0.895. The van der Waals surface area contributed by atoms with E-state index in [1.54, 1.807) is 0 Å². The summed E-state index contributed by atoms with van der Waals surface area (Å²) in [6, 6.07) is 0. The first-order chi connectivity index (χ1) is 4.85. The zero-order chi connectivity index (χ0) is 7.82. The molecule has 2 nitrogen and oxygen atoms in total. The van der Waals surface area contributed by atoms with Crippen LogP contribution in [0.3, 0.4) is 0 Å². The van der Waals surface area contributed by atoms with Gasteiger partial charge < -0.3 is 9.84 Å². The van der Waals surface area contributed by atoms with Gasteiger partial charge in [0.2, 0.25) is 0 Å². The fourth-order valence-electron chi connectivity index (χ4n) is 0.895. The van der Waals surface area contributed by atoms with Crippen LogP contribution in [0.4, 0.5) is 0 Å². The minimum atomic E-state index is 0.0740. The molecule has 0 aromatic carbocycles. The van der Waals surface area contributed by atoms with Crippen molar-refractivity contribution in [3.05, 3.63) is 0 Å². The number of aliphatic hydroxyl groups is 1. The Bertz CT molecular complexity index is 64.3. The van der Waals surface area contributed by atoms with Crippen molar-refractivity contribution in [3.8, 4) is 0 Å². The lowest BCUT2D eigenvalue weighted by atomic mass is 10.2. The molecule has 1 N–H and O–H groups in total. The van der Waals surface area contributed by atoms with Gasteiger partial charge in [0.05, 0.1) is 12.7 Å². The predicted molar refractivity (Wildman–Crippen MR) is 42.0 cm³/mol. The van der Waals surface area contributed by atoms with Crippen LogP contribution in [-0.4, -0.2) is 24.4 Å². The van der Waals surface area contributed by atoms with E-state index in [1.165, 1.54) is 6.42 Å². The molecule has 0 heterocycles. The van der Waals surface area contributed by atoms with Gasteiger partial charge in [0, 0.05) is 6.61 Å². The second-order valence-electron chi connectivity index (χ2n) is 2.40. The quantitative estimate of drug-likeness (QED) is 0.616. The van der Waals surface area contributed by atoms with Crippen LogP contribution in [0.2, 0.25) is 0 Å². The molecule has 0 fully saturated rings. The standard InChI is InChI=1S/C8H18O2/c1-3-5-6-8(7-9)10-4-2/h8-9H,3-7H2,1-2H3. The van der Waals surface area contributed by atoms with E-state index in [9.17, 15) is 0 Å². The second-order valence-corrected chi connectivity index (χ2v) is 2.40. The summed E-state index contributed by atoms with van der Waals surface area (Å²) < 4.78 is 5.24. The summed E-state index contributed by atoms with van der Waals surface area (Å²) in [7, 11) is 0. The van der Waals surface area contributed by atoms with Crippen LogP contribution in [0, 0.1) is 0 Å². The van der Waals surface area contributed by atoms with E-state index < -0.39 is 0 Å². The molecule has 0 aliphatic heterocycles. The Balaban J connectivity index is 3.21. The Labute approximate surface area is 63.2 Å². The van der Waals surface area contributed by atoms with Crippen LogP contribution in [-0.2, 0) is 4.74 Å². The summed E-state index contributed by atoms with van der Waals surface area (Å²) in [4.78, 5) is 0. The van der Waals surface area contributed by atoms with E-state index in [2.05, 4.69) is 6.92 Å². The average molecular weight is 146 g/mol. The molecule has 0 rings (SSSR count). The fraction of sp³-hybridized carbons (Fsp3) is 1.00. The smallest absolute Gasteiger partial charge is 0.0805 e. The number of hydrogen-bond acceptors (Lipinski definition) is 2. The molecule has 1 atom stereocenters. The van der Waals surface area contributed by atoms with Crippen LogP contribution in [0.15, 0.2) is 0 Å². The highest BCUT2D eigenvalue weighted by molar-refractivity contribution is 4.54. The Hall–Kier alpha value is -0.0800. The number of rotatable bonds is 6. The predicted octanol–water partition coefficient (Wildman–Crippen LogP) is 1.57. The largest absolute Gasteiger partial charge is 0.394 e. The van der Waals surface area contributed by atoms with Gasteiger partial charge in [0.15, 0.2) is 0 Å². The van der Waals surface area contributed by atoms with Gasteiger partial charge in [-0.25, -0.2) is 0 Å². The Kier molecular flexibility index (Phi) is 6.98. The first-order valence-electron chi connectivity index (χ1n) is 4.07. The van der Waals surface area contributed by atoms with E-state index in [4.69, 9.17) is 9.84 Å². The van der Waals surface area contributed by atoms with Crippen LogP contribution in [0.1, 0.15) is 33.1 Å². The monoisotopic (exact) mass is 146 g/mol. The first kappa shape index (κ1) is 9.92. The van der Waals surface area contributed by atoms with Crippen molar-refractivity contribution >= 4 is 0 Å². The number of aliphatic hydroxyl groups excluding tert-OH is 1. The van der Waals surface area contributed by atoms with Gasteiger partial charge in [0.25, 0.3) is 0 Å². The topological polar surface area (TPSA) is 29.5 Å². The van der Waals surface area contributed by atoms with Gasteiger partial charge in [-0.2, -0.15) is 0 Å². The van der Waals surface area contributed by atoms with Crippen molar-refractivity contribution in [3.63, 3.8) is 0 Å². The van der Waals surface area contributed by atoms with E-state index in [1.807, 2.05) is 6.92 Å². The van der Waals surface area contributed by atoms with Crippen LogP contribution in [0.25, 0.3) is 0 Å². The van der Waals surface area contributed by atoms with Gasteiger partial charge in [-0.3, -0.25) is 0 Å². The van der Waals surface area contributed by atoms with Crippen LogP contribution < -0.4 is 0 Å². The van der Waals surface area contributed by atoms with Gasteiger partial charge in [-0.1, -0.05) is 19.8 Å². The Morgan fingerprint density at radius 3 is 2.50 bits per heavy atom. The SMILES string of the molecule is CCCCC(CO)OCC. The molecule has 1 unspecified atom stereocenters. The summed E-state index contributed by atoms with van der Waals surface area (Å²) in [5, 5.41) is 8.76. The van der Waals surface area contributed by atoms with Gasteiger partial charge >= 0.3 is 0 Å². The number of hydrogen-bond donors (Lipinski definition) is 1. The van der Waals surface area contributed by atoms with E-state index in [-0.39, 0.29) is 12.7 Å². The maximum atomic E-state index is 8.76. The zero-order valence-corrected chi connectivity index (χ0v) is 6.97.